The molecule has 1 aromatic rings. The maximum absolute atomic E-state index is 5.62. The molecule has 0 aliphatic heterocycles. The van der Waals surface area contributed by atoms with E-state index in [1.54, 1.807) is 6.20 Å². The fourth-order valence-electron chi connectivity index (χ4n) is 0.915. The van der Waals surface area contributed by atoms with Crippen LogP contribution in [-0.2, 0) is 0 Å². The minimum atomic E-state index is -0.330. The molecule has 0 saturated carbocycles. The van der Waals surface area contributed by atoms with Crippen molar-refractivity contribution in [3.05, 3.63) is 29.6 Å². The molecule has 1 atom stereocenters. The molecule has 0 radical (unpaired) electrons. The van der Waals surface area contributed by atoms with Crippen LogP contribution < -0.4 is 5.73 Å². The highest BCUT2D eigenvalue weighted by atomic mass is 14.7. The van der Waals surface area contributed by atoms with Crippen LogP contribution in [0.1, 0.15) is 17.3 Å². The lowest BCUT2D eigenvalue weighted by Crippen LogP contribution is -2.09. The Morgan fingerprint density at radius 2 is 2.45 bits per heavy atom. The lowest BCUT2D eigenvalue weighted by molar-refractivity contribution is 0.912. The Kier molecular flexibility index (Phi) is 2.25. The summed E-state index contributed by atoms with van der Waals surface area (Å²) in [5.41, 5.74) is 7.45. The van der Waals surface area contributed by atoms with Crippen molar-refractivity contribution in [1.82, 2.24) is 4.98 Å². The molecule has 11 heavy (non-hydrogen) atoms. The van der Waals surface area contributed by atoms with Crippen molar-refractivity contribution in [3.63, 3.8) is 0 Å². The number of nitrogens with two attached hydrogens (primary N) is 1. The number of hydrogen-bond acceptors (Lipinski definition) is 2. The van der Waals surface area contributed by atoms with E-state index in [-0.39, 0.29) is 6.04 Å². The molecule has 1 aromatic heterocycles. The number of pyridine rings is 1. The molecule has 0 bridgehead atoms. The molecule has 2 nitrogen and oxygen atoms in total. The summed E-state index contributed by atoms with van der Waals surface area (Å²) in [4.78, 5) is 4.07. The van der Waals surface area contributed by atoms with Crippen LogP contribution in [-0.4, -0.2) is 4.98 Å². The molecule has 2 N–H and O–H groups in total. The largest absolute Gasteiger partial charge is 0.314 e. The molecule has 0 aliphatic carbocycles. The second-order valence-corrected chi connectivity index (χ2v) is 2.32. The van der Waals surface area contributed by atoms with Crippen molar-refractivity contribution in [1.29, 1.82) is 0 Å². The van der Waals surface area contributed by atoms with Gasteiger partial charge in [0.1, 0.15) is 0 Å². The maximum Gasteiger partial charge on any atom is 0.0935 e. The van der Waals surface area contributed by atoms with Crippen LogP contribution in [0.25, 0.3) is 0 Å². The summed E-state index contributed by atoms with van der Waals surface area (Å²) >= 11 is 0. The Labute approximate surface area is 66.4 Å². The van der Waals surface area contributed by atoms with Crippen LogP contribution in [0.3, 0.4) is 0 Å². The number of rotatable bonds is 1. The van der Waals surface area contributed by atoms with Crippen molar-refractivity contribution >= 4 is 0 Å². The summed E-state index contributed by atoms with van der Waals surface area (Å²) in [6.45, 7) is 1.90. The molecule has 0 fully saturated rings. The first kappa shape index (κ1) is 7.77. The van der Waals surface area contributed by atoms with E-state index in [1.165, 1.54) is 0 Å². The summed E-state index contributed by atoms with van der Waals surface area (Å²) in [5, 5.41) is 0. The van der Waals surface area contributed by atoms with Gasteiger partial charge in [-0.3, -0.25) is 4.98 Å². The van der Waals surface area contributed by atoms with Gasteiger partial charge in [-0.25, -0.2) is 0 Å². The van der Waals surface area contributed by atoms with Gasteiger partial charge in [-0.2, -0.15) is 0 Å². The zero-order valence-corrected chi connectivity index (χ0v) is 6.41. The van der Waals surface area contributed by atoms with Gasteiger partial charge < -0.3 is 5.73 Å². The summed E-state index contributed by atoms with van der Waals surface area (Å²) in [6.07, 6.45) is 6.89. The Bertz CT molecular complexity index is 286. The fraction of sp³-hybridized carbons (Fsp3) is 0.222. The number of nitrogens with zero attached hydrogens (tertiary/aromatic N) is 1. The first-order valence-corrected chi connectivity index (χ1v) is 3.39. The third-order valence-electron chi connectivity index (χ3n) is 1.56. The topological polar surface area (TPSA) is 38.9 Å². The summed E-state index contributed by atoms with van der Waals surface area (Å²) in [6, 6.07) is 3.40. The van der Waals surface area contributed by atoms with E-state index in [9.17, 15) is 0 Å². The Balaban J connectivity index is 3.05. The van der Waals surface area contributed by atoms with E-state index in [0.29, 0.717) is 0 Å². The maximum atomic E-state index is 5.62. The van der Waals surface area contributed by atoms with Crippen LogP contribution >= 0.6 is 0 Å². The molecule has 0 aromatic carbocycles. The van der Waals surface area contributed by atoms with Gasteiger partial charge >= 0.3 is 0 Å². The smallest absolute Gasteiger partial charge is 0.0935 e. The van der Waals surface area contributed by atoms with E-state index in [0.717, 1.165) is 11.3 Å². The number of aryl methyl sites for hydroxylation is 1. The van der Waals surface area contributed by atoms with E-state index >= 15 is 0 Å². The Morgan fingerprint density at radius 1 is 1.73 bits per heavy atom. The molecule has 0 aliphatic rings. The van der Waals surface area contributed by atoms with E-state index < -0.39 is 0 Å². The molecule has 56 valence electrons. The summed E-state index contributed by atoms with van der Waals surface area (Å²) < 4.78 is 0. The van der Waals surface area contributed by atoms with E-state index in [2.05, 4.69) is 10.9 Å². The predicted octanol–water partition coefficient (Wildman–Crippen LogP) is 1.02. The van der Waals surface area contributed by atoms with Gasteiger partial charge in [-0.05, 0) is 13.0 Å². The minimum absolute atomic E-state index is 0.330. The van der Waals surface area contributed by atoms with Gasteiger partial charge in [0.15, 0.2) is 0 Å². The van der Waals surface area contributed by atoms with Gasteiger partial charge in [0.05, 0.1) is 6.04 Å². The number of hydrogen-bond donors (Lipinski definition) is 1. The van der Waals surface area contributed by atoms with Crippen molar-refractivity contribution in [3.8, 4) is 12.3 Å². The van der Waals surface area contributed by atoms with Crippen LogP contribution in [0.2, 0.25) is 0 Å². The van der Waals surface area contributed by atoms with Crippen LogP contribution in [0.5, 0.6) is 0 Å². The molecule has 0 spiro atoms. The van der Waals surface area contributed by atoms with Crippen molar-refractivity contribution in [2.75, 3.05) is 0 Å². The average molecular weight is 146 g/mol. The SMILES string of the molecule is C#CC(N)c1cccnc1C. The van der Waals surface area contributed by atoms with Gasteiger partial charge in [0.25, 0.3) is 0 Å². The van der Waals surface area contributed by atoms with Crippen LogP contribution in [0, 0.1) is 19.3 Å². The normalized spacial score (nSPS) is 12.1. The summed E-state index contributed by atoms with van der Waals surface area (Å²) in [7, 11) is 0. The Morgan fingerprint density at radius 3 is 3.00 bits per heavy atom. The molecular formula is C9H10N2. The van der Waals surface area contributed by atoms with E-state index in [4.69, 9.17) is 12.2 Å². The predicted molar refractivity (Wildman–Crippen MR) is 44.7 cm³/mol. The molecule has 1 rings (SSSR count). The quantitative estimate of drug-likeness (QED) is 0.601. The highest BCUT2D eigenvalue weighted by Gasteiger charge is 2.03. The number of aromatic nitrogens is 1. The molecular weight excluding hydrogens is 136 g/mol. The second-order valence-electron chi connectivity index (χ2n) is 2.32. The standard InChI is InChI=1S/C9H10N2/c1-3-9(10)8-5-4-6-11-7(8)2/h1,4-6,9H,10H2,2H3. The van der Waals surface area contributed by atoms with Gasteiger partial charge in [0, 0.05) is 17.5 Å². The lowest BCUT2D eigenvalue weighted by atomic mass is 10.1. The molecule has 1 unspecified atom stereocenters. The molecule has 1 heterocycles. The zero-order chi connectivity index (χ0) is 8.27. The highest BCUT2D eigenvalue weighted by molar-refractivity contribution is 5.27. The van der Waals surface area contributed by atoms with Gasteiger partial charge in [-0.1, -0.05) is 12.0 Å². The summed E-state index contributed by atoms with van der Waals surface area (Å²) in [5.74, 6) is 2.46. The van der Waals surface area contributed by atoms with Crippen LogP contribution in [0.15, 0.2) is 18.3 Å². The van der Waals surface area contributed by atoms with Crippen molar-refractivity contribution < 1.29 is 0 Å². The van der Waals surface area contributed by atoms with Crippen LogP contribution in [0.4, 0.5) is 0 Å². The lowest BCUT2D eigenvalue weighted by Gasteiger charge is -2.05. The van der Waals surface area contributed by atoms with Crippen molar-refractivity contribution in [2.45, 2.75) is 13.0 Å². The minimum Gasteiger partial charge on any atom is -0.314 e. The van der Waals surface area contributed by atoms with E-state index in [1.807, 2.05) is 19.1 Å². The molecule has 0 amide bonds. The fourth-order valence-corrected chi connectivity index (χ4v) is 0.915. The third-order valence-corrected chi connectivity index (χ3v) is 1.56. The first-order valence-electron chi connectivity index (χ1n) is 3.39. The third kappa shape index (κ3) is 1.57. The molecule has 2 heteroatoms. The number of terminal acetylenes is 1. The average Bonchev–Trinajstić information content (AvgIpc) is 2.04. The van der Waals surface area contributed by atoms with Gasteiger partial charge in [-0.15, -0.1) is 6.42 Å². The highest BCUT2D eigenvalue weighted by Crippen LogP contribution is 2.10. The van der Waals surface area contributed by atoms with Gasteiger partial charge in [0.2, 0.25) is 0 Å². The second kappa shape index (κ2) is 3.18. The first-order chi connectivity index (χ1) is 5.25. The zero-order valence-electron chi connectivity index (χ0n) is 6.41. The molecule has 0 saturated heterocycles. The van der Waals surface area contributed by atoms with Crippen molar-refractivity contribution in [2.24, 2.45) is 5.73 Å². The monoisotopic (exact) mass is 146 g/mol. The Hall–Kier alpha value is -1.33.